The second-order valence-electron chi connectivity index (χ2n) is 9.55. The first-order valence-electron chi connectivity index (χ1n) is 10.6. The largest absolute Gasteiger partial charge is 0.354 e. The highest BCUT2D eigenvalue weighted by Gasteiger charge is 2.64. The predicted octanol–water partition coefficient (Wildman–Crippen LogP) is 6.23. The zero-order valence-electron chi connectivity index (χ0n) is 16.0. The van der Waals surface area contributed by atoms with Gasteiger partial charge in [-0.2, -0.15) is 0 Å². The molecular formula is C25H29N. The molecule has 0 saturated heterocycles. The van der Waals surface area contributed by atoms with Gasteiger partial charge in [0.05, 0.1) is 11.6 Å². The van der Waals surface area contributed by atoms with Crippen LogP contribution in [0.2, 0.25) is 0 Å². The summed E-state index contributed by atoms with van der Waals surface area (Å²) in [5.41, 5.74) is 6.41. The van der Waals surface area contributed by atoms with E-state index >= 15 is 0 Å². The maximum absolute atomic E-state index is 2.89. The van der Waals surface area contributed by atoms with E-state index in [1.54, 1.807) is 11.1 Å². The zero-order valence-corrected chi connectivity index (χ0v) is 16.0. The van der Waals surface area contributed by atoms with E-state index in [0.717, 1.165) is 23.7 Å². The van der Waals surface area contributed by atoms with Gasteiger partial charge in [-0.25, -0.2) is 0 Å². The Labute approximate surface area is 157 Å². The Bertz CT molecular complexity index is 838. The first-order chi connectivity index (χ1) is 12.7. The highest BCUT2D eigenvalue weighted by atomic mass is 15.3. The van der Waals surface area contributed by atoms with Crippen LogP contribution in [0.4, 0.5) is 5.69 Å². The molecule has 134 valence electrons. The molecular weight excluding hydrogens is 314 g/mol. The standard InChI is InChI=1S/C25H29N/c1-16-7-3-6-10-24(16)26-17(2)22-8-4-5-9-23(22)25(26)20-12-18-11-19(14-20)15-21(25)13-18/h3-10,17-21H,11-15H2,1-2H3. The summed E-state index contributed by atoms with van der Waals surface area (Å²) in [5, 5.41) is 0. The van der Waals surface area contributed by atoms with Crippen LogP contribution in [0.3, 0.4) is 0 Å². The quantitative estimate of drug-likeness (QED) is 0.593. The number of hydrogen-bond acceptors (Lipinski definition) is 1. The molecule has 7 rings (SSSR count). The van der Waals surface area contributed by atoms with Crippen molar-refractivity contribution in [2.24, 2.45) is 23.7 Å². The van der Waals surface area contributed by atoms with Gasteiger partial charge in [0.25, 0.3) is 0 Å². The third kappa shape index (κ3) is 1.73. The molecule has 26 heavy (non-hydrogen) atoms. The molecule has 4 bridgehead atoms. The van der Waals surface area contributed by atoms with E-state index in [0.29, 0.717) is 6.04 Å². The fraction of sp³-hybridized carbons (Fsp3) is 0.520. The first-order valence-corrected chi connectivity index (χ1v) is 10.6. The molecule has 1 spiro atoms. The second-order valence-corrected chi connectivity index (χ2v) is 9.55. The van der Waals surface area contributed by atoms with Gasteiger partial charge in [-0.1, -0.05) is 42.5 Å². The summed E-state index contributed by atoms with van der Waals surface area (Å²) in [6.45, 7) is 4.75. The maximum atomic E-state index is 2.89. The van der Waals surface area contributed by atoms with Crippen LogP contribution in [0, 0.1) is 30.6 Å². The molecule has 1 nitrogen and oxygen atoms in total. The fourth-order valence-electron chi connectivity index (χ4n) is 7.79. The number of aryl methyl sites for hydroxylation is 1. The normalized spacial score (nSPS) is 39.6. The monoisotopic (exact) mass is 343 g/mol. The van der Waals surface area contributed by atoms with Gasteiger partial charge in [0.1, 0.15) is 0 Å². The summed E-state index contributed by atoms with van der Waals surface area (Å²) in [4.78, 5) is 2.89. The Morgan fingerprint density at radius 3 is 2.12 bits per heavy atom. The molecule has 1 heteroatoms. The van der Waals surface area contributed by atoms with Gasteiger partial charge in [0.15, 0.2) is 0 Å². The molecule has 0 amide bonds. The number of anilines is 1. The van der Waals surface area contributed by atoms with E-state index in [9.17, 15) is 0 Å². The van der Waals surface area contributed by atoms with Crippen molar-refractivity contribution in [2.45, 2.75) is 57.5 Å². The minimum Gasteiger partial charge on any atom is -0.354 e. The van der Waals surface area contributed by atoms with E-state index in [-0.39, 0.29) is 5.54 Å². The van der Waals surface area contributed by atoms with E-state index in [1.807, 2.05) is 0 Å². The van der Waals surface area contributed by atoms with Crippen LogP contribution in [-0.2, 0) is 5.54 Å². The molecule has 0 N–H and O–H groups in total. The van der Waals surface area contributed by atoms with Crippen LogP contribution < -0.4 is 4.90 Å². The molecule has 2 aromatic rings. The van der Waals surface area contributed by atoms with Crippen molar-refractivity contribution in [3.05, 3.63) is 65.2 Å². The van der Waals surface area contributed by atoms with Gasteiger partial charge < -0.3 is 4.90 Å². The Kier molecular flexibility index (Phi) is 3.03. The van der Waals surface area contributed by atoms with Crippen LogP contribution >= 0.6 is 0 Å². The molecule has 4 aliphatic carbocycles. The van der Waals surface area contributed by atoms with Gasteiger partial charge in [0, 0.05) is 5.69 Å². The van der Waals surface area contributed by atoms with E-state index in [1.165, 1.54) is 43.4 Å². The van der Waals surface area contributed by atoms with Crippen molar-refractivity contribution in [2.75, 3.05) is 4.90 Å². The average Bonchev–Trinajstić information content (AvgIpc) is 2.90. The molecule has 1 heterocycles. The summed E-state index contributed by atoms with van der Waals surface area (Å²) >= 11 is 0. The third-order valence-corrected chi connectivity index (χ3v) is 8.39. The molecule has 4 fully saturated rings. The van der Waals surface area contributed by atoms with Crippen molar-refractivity contribution in [1.82, 2.24) is 0 Å². The van der Waals surface area contributed by atoms with Gasteiger partial charge in [0.2, 0.25) is 0 Å². The number of rotatable bonds is 1. The maximum Gasteiger partial charge on any atom is 0.0720 e. The Balaban J connectivity index is 1.62. The highest BCUT2D eigenvalue weighted by molar-refractivity contribution is 5.64. The van der Waals surface area contributed by atoms with Crippen molar-refractivity contribution in [1.29, 1.82) is 0 Å². The number of para-hydroxylation sites is 1. The molecule has 1 atom stereocenters. The Hall–Kier alpha value is -1.76. The lowest BCUT2D eigenvalue weighted by atomic mass is 9.47. The summed E-state index contributed by atoms with van der Waals surface area (Å²) < 4.78 is 0. The molecule has 0 aromatic heterocycles. The Morgan fingerprint density at radius 2 is 1.42 bits per heavy atom. The lowest BCUT2D eigenvalue weighted by Crippen LogP contribution is -2.62. The molecule has 1 unspecified atom stereocenters. The lowest BCUT2D eigenvalue weighted by Gasteiger charge is -2.64. The predicted molar refractivity (Wildman–Crippen MR) is 107 cm³/mol. The van der Waals surface area contributed by atoms with E-state index < -0.39 is 0 Å². The van der Waals surface area contributed by atoms with Crippen LogP contribution in [0.25, 0.3) is 0 Å². The van der Waals surface area contributed by atoms with Crippen LogP contribution in [0.1, 0.15) is 61.8 Å². The Morgan fingerprint density at radius 1 is 0.808 bits per heavy atom. The second kappa shape index (κ2) is 5.15. The molecule has 1 aliphatic heterocycles. The third-order valence-electron chi connectivity index (χ3n) is 8.39. The molecule has 2 aromatic carbocycles. The minimum atomic E-state index is 0.246. The topological polar surface area (TPSA) is 3.24 Å². The first kappa shape index (κ1) is 15.3. The smallest absolute Gasteiger partial charge is 0.0720 e. The fourth-order valence-corrected chi connectivity index (χ4v) is 7.79. The SMILES string of the molecule is Cc1ccccc1N1C(C)c2ccccc2C12C1CC3CC(C1)CC2C3. The minimum absolute atomic E-state index is 0.246. The molecule has 0 radical (unpaired) electrons. The number of nitrogens with zero attached hydrogens (tertiary/aromatic N) is 1. The zero-order chi connectivity index (χ0) is 17.5. The summed E-state index contributed by atoms with van der Waals surface area (Å²) in [6, 6.07) is 19.0. The van der Waals surface area contributed by atoms with E-state index in [4.69, 9.17) is 0 Å². The highest BCUT2D eigenvalue weighted by Crippen LogP contribution is 2.68. The number of fused-ring (bicyclic) bond motifs is 1. The van der Waals surface area contributed by atoms with E-state index in [2.05, 4.69) is 67.3 Å². The van der Waals surface area contributed by atoms with Gasteiger partial charge in [-0.05, 0) is 92.4 Å². The van der Waals surface area contributed by atoms with Crippen LogP contribution in [0.15, 0.2) is 48.5 Å². The van der Waals surface area contributed by atoms with Crippen molar-refractivity contribution in [3.63, 3.8) is 0 Å². The van der Waals surface area contributed by atoms with Crippen LogP contribution in [0.5, 0.6) is 0 Å². The van der Waals surface area contributed by atoms with Crippen molar-refractivity contribution in [3.8, 4) is 0 Å². The number of hydrogen-bond donors (Lipinski definition) is 0. The van der Waals surface area contributed by atoms with Gasteiger partial charge >= 0.3 is 0 Å². The van der Waals surface area contributed by atoms with Gasteiger partial charge in [-0.15, -0.1) is 0 Å². The van der Waals surface area contributed by atoms with Gasteiger partial charge in [-0.3, -0.25) is 0 Å². The molecule has 5 aliphatic rings. The lowest BCUT2D eigenvalue weighted by molar-refractivity contribution is -0.0602. The summed E-state index contributed by atoms with van der Waals surface area (Å²) in [7, 11) is 0. The number of benzene rings is 2. The summed E-state index contributed by atoms with van der Waals surface area (Å²) in [5.74, 6) is 3.68. The van der Waals surface area contributed by atoms with Crippen molar-refractivity contribution >= 4 is 5.69 Å². The summed E-state index contributed by atoms with van der Waals surface area (Å²) in [6.07, 6.45) is 7.34. The average molecular weight is 344 g/mol. The van der Waals surface area contributed by atoms with Crippen LogP contribution in [-0.4, -0.2) is 0 Å². The van der Waals surface area contributed by atoms with Crippen molar-refractivity contribution < 1.29 is 0 Å². The molecule has 4 saturated carbocycles.